The molecule has 2 heterocycles. The summed E-state index contributed by atoms with van der Waals surface area (Å²) in [4.78, 5) is 4.24. The van der Waals surface area contributed by atoms with Crippen molar-refractivity contribution < 1.29 is 4.39 Å². The Labute approximate surface area is 205 Å². The van der Waals surface area contributed by atoms with Crippen LogP contribution in [0.4, 0.5) is 4.39 Å². The zero-order valence-corrected chi connectivity index (χ0v) is 19.6. The van der Waals surface area contributed by atoms with E-state index in [1.807, 2.05) is 48.8 Å². The van der Waals surface area contributed by atoms with Gasteiger partial charge >= 0.3 is 0 Å². The first-order chi connectivity index (χ1) is 17.2. The minimum absolute atomic E-state index is 0.237. The maximum absolute atomic E-state index is 13.8. The van der Waals surface area contributed by atoms with Crippen LogP contribution >= 0.6 is 0 Å². The SMILES string of the molecule is NC1=CC=C(n2cc(-c3ccc(F)cc3)c(-c3ccncc3)c2CCCc2ccccc2)CC=C1. The first kappa shape index (κ1) is 22.6. The molecule has 0 amide bonds. The number of aryl methyl sites for hydroxylation is 1. The van der Waals surface area contributed by atoms with Gasteiger partial charge in [-0.1, -0.05) is 48.5 Å². The third-order valence-electron chi connectivity index (χ3n) is 6.37. The summed E-state index contributed by atoms with van der Waals surface area (Å²) in [5.41, 5.74) is 14.9. The number of benzene rings is 2. The molecule has 1 aliphatic carbocycles. The van der Waals surface area contributed by atoms with E-state index in [1.54, 1.807) is 0 Å². The molecule has 0 spiro atoms. The van der Waals surface area contributed by atoms with Gasteiger partial charge in [0.15, 0.2) is 0 Å². The van der Waals surface area contributed by atoms with E-state index in [2.05, 4.69) is 58.2 Å². The van der Waals surface area contributed by atoms with Gasteiger partial charge < -0.3 is 10.3 Å². The predicted octanol–water partition coefficient (Wildman–Crippen LogP) is 7.17. The van der Waals surface area contributed by atoms with Gasteiger partial charge in [0.2, 0.25) is 0 Å². The number of aromatic nitrogens is 2. The molecular weight excluding hydrogens is 433 g/mol. The molecule has 5 rings (SSSR count). The van der Waals surface area contributed by atoms with Gasteiger partial charge in [-0.25, -0.2) is 4.39 Å². The first-order valence-corrected chi connectivity index (χ1v) is 12.0. The zero-order chi connectivity index (χ0) is 24.0. The van der Waals surface area contributed by atoms with Gasteiger partial charge in [0.25, 0.3) is 0 Å². The highest BCUT2D eigenvalue weighted by molar-refractivity contribution is 5.87. The summed E-state index contributed by atoms with van der Waals surface area (Å²) >= 11 is 0. The fourth-order valence-electron chi connectivity index (χ4n) is 4.65. The number of hydrogen-bond acceptors (Lipinski definition) is 2. The van der Waals surface area contributed by atoms with Gasteiger partial charge in [0, 0.05) is 53.2 Å². The van der Waals surface area contributed by atoms with Crippen molar-refractivity contribution in [2.45, 2.75) is 25.7 Å². The predicted molar refractivity (Wildman–Crippen MR) is 142 cm³/mol. The third-order valence-corrected chi connectivity index (χ3v) is 6.37. The Bertz CT molecular complexity index is 1380. The smallest absolute Gasteiger partial charge is 0.123 e. The Morgan fingerprint density at radius 3 is 2.40 bits per heavy atom. The number of hydrogen-bond donors (Lipinski definition) is 1. The molecular formula is C31H28FN3. The van der Waals surface area contributed by atoms with Gasteiger partial charge in [0.05, 0.1) is 0 Å². The van der Waals surface area contributed by atoms with Gasteiger partial charge in [0.1, 0.15) is 5.82 Å². The molecule has 0 radical (unpaired) electrons. The quantitative estimate of drug-likeness (QED) is 0.317. The second-order valence-corrected chi connectivity index (χ2v) is 8.75. The lowest BCUT2D eigenvalue weighted by molar-refractivity contribution is 0.628. The molecule has 2 aromatic heterocycles. The van der Waals surface area contributed by atoms with Crippen LogP contribution in [0.3, 0.4) is 0 Å². The molecule has 0 aliphatic heterocycles. The van der Waals surface area contributed by atoms with E-state index in [0.717, 1.165) is 59.3 Å². The van der Waals surface area contributed by atoms with Crippen LogP contribution in [-0.4, -0.2) is 9.55 Å². The average molecular weight is 462 g/mol. The lowest BCUT2D eigenvalue weighted by Gasteiger charge is -2.14. The van der Waals surface area contributed by atoms with Crippen LogP contribution in [0.15, 0.2) is 115 Å². The molecule has 35 heavy (non-hydrogen) atoms. The van der Waals surface area contributed by atoms with Crippen molar-refractivity contribution in [3.63, 3.8) is 0 Å². The summed E-state index contributed by atoms with van der Waals surface area (Å²) in [6.07, 6.45) is 17.6. The standard InChI is InChI=1S/C31H28FN3/c32-26-14-12-24(13-15-26)29-22-35(28-10-5-9-27(33)16-17-28)30(31(29)25-18-20-34-21-19-25)11-4-8-23-6-2-1-3-7-23/h1-3,5-7,9,12-22H,4,8,10-11,33H2. The number of nitrogens with zero attached hydrogens (tertiary/aromatic N) is 2. The van der Waals surface area contributed by atoms with Crippen LogP contribution in [0.1, 0.15) is 24.1 Å². The van der Waals surface area contributed by atoms with E-state index in [1.165, 1.54) is 23.4 Å². The first-order valence-electron chi connectivity index (χ1n) is 12.0. The summed E-state index contributed by atoms with van der Waals surface area (Å²) in [6.45, 7) is 0. The largest absolute Gasteiger partial charge is 0.399 e. The molecule has 4 aromatic rings. The highest BCUT2D eigenvalue weighted by Gasteiger charge is 2.20. The van der Waals surface area contributed by atoms with Gasteiger partial charge in [-0.05, 0) is 78.4 Å². The van der Waals surface area contributed by atoms with E-state index >= 15 is 0 Å². The Morgan fingerprint density at radius 1 is 0.857 bits per heavy atom. The second-order valence-electron chi connectivity index (χ2n) is 8.75. The van der Waals surface area contributed by atoms with Crippen molar-refractivity contribution in [3.8, 4) is 22.3 Å². The van der Waals surface area contributed by atoms with Crippen LogP contribution in [0.2, 0.25) is 0 Å². The molecule has 0 atom stereocenters. The van der Waals surface area contributed by atoms with Crippen LogP contribution in [0.5, 0.6) is 0 Å². The summed E-state index contributed by atoms with van der Waals surface area (Å²) in [5.74, 6) is -0.237. The lowest BCUT2D eigenvalue weighted by atomic mass is 9.95. The van der Waals surface area contributed by atoms with E-state index in [4.69, 9.17) is 5.73 Å². The van der Waals surface area contributed by atoms with Crippen LogP contribution < -0.4 is 5.73 Å². The molecule has 0 unspecified atom stereocenters. The van der Waals surface area contributed by atoms with Crippen molar-refractivity contribution in [1.29, 1.82) is 0 Å². The molecule has 0 saturated carbocycles. The van der Waals surface area contributed by atoms with Crippen molar-refractivity contribution in [2.24, 2.45) is 5.73 Å². The number of halogens is 1. The van der Waals surface area contributed by atoms with Crippen molar-refractivity contribution in [1.82, 2.24) is 9.55 Å². The number of nitrogens with two attached hydrogens (primary N) is 1. The van der Waals surface area contributed by atoms with Crippen molar-refractivity contribution in [2.75, 3.05) is 0 Å². The molecule has 1 aliphatic rings. The van der Waals surface area contributed by atoms with E-state index in [0.29, 0.717) is 0 Å². The van der Waals surface area contributed by atoms with Gasteiger partial charge in [-0.15, -0.1) is 0 Å². The van der Waals surface area contributed by atoms with Crippen LogP contribution in [0, 0.1) is 5.82 Å². The maximum atomic E-state index is 13.8. The minimum atomic E-state index is -0.237. The Balaban J connectivity index is 1.64. The molecule has 2 N–H and O–H groups in total. The third kappa shape index (κ3) is 5.17. The highest BCUT2D eigenvalue weighted by atomic mass is 19.1. The topological polar surface area (TPSA) is 43.8 Å². The lowest BCUT2D eigenvalue weighted by Crippen LogP contribution is -2.03. The Morgan fingerprint density at radius 2 is 1.63 bits per heavy atom. The average Bonchev–Trinajstić information content (AvgIpc) is 3.13. The molecule has 174 valence electrons. The van der Waals surface area contributed by atoms with E-state index in [9.17, 15) is 4.39 Å². The van der Waals surface area contributed by atoms with Crippen LogP contribution in [-0.2, 0) is 12.8 Å². The molecule has 3 nitrogen and oxygen atoms in total. The number of rotatable bonds is 7. The van der Waals surface area contributed by atoms with Crippen molar-refractivity contribution in [3.05, 3.63) is 132 Å². The minimum Gasteiger partial charge on any atom is -0.399 e. The molecule has 0 saturated heterocycles. The summed E-state index contributed by atoms with van der Waals surface area (Å²) in [5, 5.41) is 0. The zero-order valence-electron chi connectivity index (χ0n) is 19.6. The van der Waals surface area contributed by atoms with E-state index in [-0.39, 0.29) is 5.82 Å². The van der Waals surface area contributed by atoms with Gasteiger partial charge in [-0.3, -0.25) is 4.98 Å². The normalized spacial score (nSPS) is 13.3. The fourth-order valence-corrected chi connectivity index (χ4v) is 4.65. The summed E-state index contributed by atoms with van der Waals surface area (Å²) in [6, 6.07) is 21.4. The highest BCUT2D eigenvalue weighted by Crippen LogP contribution is 2.39. The molecule has 2 aromatic carbocycles. The van der Waals surface area contributed by atoms with Crippen LogP contribution in [0.25, 0.3) is 28.0 Å². The van der Waals surface area contributed by atoms with Gasteiger partial charge in [-0.2, -0.15) is 0 Å². The second kappa shape index (κ2) is 10.4. The Kier molecular flexibility index (Phi) is 6.71. The van der Waals surface area contributed by atoms with E-state index < -0.39 is 0 Å². The molecule has 0 bridgehead atoms. The monoisotopic (exact) mass is 461 g/mol. The Hall–Kier alpha value is -4.18. The molecule has 0 fully saturated rings. The fraction of sp³-hybridized carbons (Fsp3) is 0.129. The summed E-state index contributed by atoms with van der Waals surface area (Å²) < 4.78 is 16.1. The number of pyridine rings is 1. The maximum Gasteiger partial charge on any atom is 0.123 e. The molecule has 4 heteroatoms. The summed E-state index contributed by atoms with van der Waals surface area (Å²) in [7, 11) is 0. The number of allylic oxidation sites excluding steroid dienone is 5. The van der Waals surface area contributed by atoms with Crippen molar-refractivity contribution >= 4 is 5.70 Å².